The van der Waals surface area contributed by atoms with Gasteiger partial charge in [-0.2, -0.15) is 0 Å². The van der Waals surface area contributed by atoms with Crippen LogP contribution in [0.1, 0.15) is 9.75 Å². The van der Waals surface area contributed by atoms with Crippen molar-refractivity contribution in [1.29, 1.82) is 0 Å². The van der Waals surface area contributed by atoms with Crippen LogP contribution in [0.2, 0.25) is 0 Å². The van der Waals surface area contributed by atoms with E-state index in [1.54, 1.807) is 0 Å². The molecule has 0 aliphatic carbocycles. The van der Waals surface area contributed by atoms with E-state index in [1.807, 2.05) is 12.1 Å². The van der Waals surface area contributed by atoms with Gasteiger partial charge in [0.15, 0.2) is 0 Å². The standard InChI is InChI=1S/C11H15NO4S/c1-15-10(13)5-8-3-4-9(17-8)6-12-7-11(14)16-2/h3-4,12H,5-7H2,1-2H3. The lowest BCUT2D eigenvalue weighted by Gasteiger charge is -2.00. The van der Waals surface area contributed by atoms with Crippen LogP contribution < -0.4 is 5.32 Å². The predicted octanol–water partition coefficient (Wildman–Crippen LogP) is 0.726. The van der Waals surface area contributed by atoms with Gasteiger partial charge in [0.05, 0.1) is 27.2 Å². The number of nitrogens with one attached hydrogen (secondary N) is 1. The maximum Gasteiger partial charge on any atom is 0.319 e. The highest BCUT2D eigenvalue weighted by Crippen LogP contribution is 2.17. The quantitative estimate of drug-likeness (QED) is 0.761. The lowest BCUT2D eigenvalue weighted by atomic mass is 10.3. The summed E-state index contributed by atoms with van der Waals surface area (Å²) in [5.74, 6) is -0.544. The second-order valence-electron chi connectivity index (χ2n) is 3.30. The Kier molecular flexibility index (Phi) is 5.65. The van der Waals surface area contributed by atoms with Crippen molar-refractivity contribution < 1.29 is 19.1 Å². The minimum atomic E-state index is -0.295. The molecule has 0 unspecified atom stereocenters. The SMILES string of the molecule is COC(=O)CNCc1ccc(CC(=O)OC)s1. The van der Waals surface area contributed by atoms with Gasteiger partial charge in [0, 0.05) is 16.3 Å². The molecule has 0 aliphatic heterocycles. The number of hydrogen-bond acceptors (Lipinski definition) is 6. The maximum atomic E-state index is 11.0. The molecule has 5 nitrogen and oxygen atoms in total. The first-order valence-electron chi connectivity index (χ1n) is 5.07. The molecule has 1 aromatic rings. The largest absolute Gasteiger partial charge is 0.469 e. The third-order valence-corrected chi connectivity index (χ3v) is 3.15. The monoisotopic (exact) mass is 257 g/mol. The second-order valence-corrected chi connectivity index (χ2v) is 4.55. The van der Waals surface area contributed by atoms with Crippen molar-refractivity contribution in [2.45, 2.75) is 13.0 Å². The highest BCUT2D eigenvalue weighted by molar-refractivity contribution is 7.12. The van der Waals surface area contributed by atoms with Gasteiger partial charge in [-0.25, -0.2) is 0 Å². The zero-order valence-corrected chi connectivity index (χ0v) is 10.6. The summed E-state index contributed by atoms with van der Waals surface area (Å²) in [4.78, 5) is 23.9. The Balaban J connectivity index is 2.35. The molecule has 0 bridgehead atoms. The molecule has 0 aromatic carbocycles. The minimum absolute atomic E-state index is 0.181. The van der Waals surface area contributed by atoms with Gasteiger partial charge in [0.2, 0.25) is 0 Å². The van der Waals surface area contributed by atoms with Gasteiger partial charge in [-0.15, -0.1) is 11.3 Å². The molecule has 0 fully saturated rings. The van der Waals surface area contributed by atoms with Crippen LogP contribution in [0.3, 0.4) is 0 Å². The Hall–Kier alpha value is -1.40. The first kappa shape index (κ1) is 13.7. The molecule has 0 atom stereocenters. The fourth-order valence-electron chi connectivity index (χ4n) is 1.19. The van der Waals surface area contributed by atoms with Crippen LogP contribution in [0.25, 0.3) is 0 Å². The lowest BCUT2D eigenvalue weighted by molar-refractivity contribution is -0.140. The molecule has 94 valence electrons. The van der Waals surface area contributed by atoms with Crippen molar-refractivity contribution in [2.24, 2.45) is 0 Å². The van der Waals surface area contributed by atoms with Crippen LogP contribution in [0, 0.1) is 0 Å². The normalized spacial score (nSPS) is 10.0. The van der Waals surface area contributed by atoms with E-state index in [4.69, 9.17) is 0 Å². The van der Waals surface area contributed by atoms with E-state index < -0.39 is 0 Å². The maximum absolute atomic E-state index is 11.0. The van der Waals surface area contributed by atoms with Gasteiger partial charge in [0.1, 0.15) is 0 Å². The van der Waals surface area contributed by atoms with E-state index in [0.717, 1.165) is 9.75 Å². The highest BCUT2D eigenvalue weighted by atomic mass is 32.1. The van der Waals surface area contributed by atoms with Gasteiger partial charge >= 0.3 is 11.9 Å². The Morgan fingerprint density at radius 3 is 2.47 bits per heavy atom. The second kappa shape index (κ2) is 7.03. The van der Waals surface area contributed by atoms with Crippen molar-refractivity contribution in [3.63, 3.8) is 0 Å². The number of methoxy groups -OCH3 is 2. The van der Waals surface area contributed by atoms with Crippen LogP contribution in [-0.4, -0.2) is 32.7 Å². The molecule has 6 heteroatoms. The molecule has 0 spiro atoms. The molecule has 17 heavy (non-hydrogen) atoms. The number of ether oxygens (including phenoxy) is 2. The molecule has 1 rings (SSSR count). The number of esters is 2. The zero-order chi connectivity index (χ0) is 12.7. The molecule has 0 saturated carbocycles. The van der Waals surface area contributed by atoms with Crippen molar-refractivity contribution in [3.8, 4) is 0 Å². The molecule has 1 N–H and O–H groups in total. The van der Waals surface area contributed by atoms with Crippen LogP contribution in [0.4, 0.5) is 0 Å². The Bertz CT molecular complexity index is 389. The zero-order valence-electron chi connectivity index (χ0n) is 9.82. The number of thiophene rings is 1. The lowest BCUT2D eigenvalue weighted by Crippen LogP contribution is -2.22. The Morgan fingerprint density at radius 1 is 1.18 bits per heavy atom. The number of carbonyl (C=O) groups excluding carboxylic acids is 2. The summed E-state index contributed by atoms with van der Waals surface area (Å²) in [7, 11) is 2.72. The van der Waals surface area contributed by atoms with Crippen molar-refractivity contribution in [3.05, 3.63) is 21.9 Å². The number of hydrogen-bond donors (Lipinski definition) is 1. The van der Waals surface area contributed by atoms with Gasteiger partial charge in [-0.3, -0.25) is 9.59 Å². The summed E-state index contributed by atoms with van der Waals surface area (Å²) in [6, 6.07) is 3.81. The fourth-order valence-corrected chi connectivity index (χ4v) is 2.16. The van der Waals surface area contributed by atoms with E-state index >= 15 is 0 Å². The highest BCUT2D eigenvalue weighted by Gasteiger charge is 2.06. The van der Waals surface area contributed by atoms with Crippen LogP contribution >= 0.6 is 11.3 Å². The van der Waals surface area contributed by atoms with Crippen LogP contribution in [-0.2, 0) is 32.0 Å². The van der Waals surface area contributed by atoms with Crippen molar-refractivity contribution in [1.82, 2.24) is 5.32 Å². The smallest absolute Gasteiger partial charge is 0.319 e. The summed E-state index contributed by atoms with van der Waals surface area (Å²) in [5.41, 5.74) is 0. The van der Waals surface area contributed by atoms with Crippen LogP contribution in [0.5, 0.6) is 0 Å². The van der Waals surface area contributed by atoms with Crippen LogP contribution in [0.15, 0.2) is 12.1 Å². The third kappa shape index (κ3) is 4.97. The van der Waals surface area contributed by atoms with E-state index in [0.29, 0.717) is 6.54 Å². The molecular weight excluding hydrogens is 242 g/mol. The Labute approximate surface area is 104 Å². The average molecular weight is 257 g/mol. The summed E-state index contributed by atoms with van der Waals surface area (Å²) in [5, 5.41) is 2.95. The van der Waals surface area contributed by atoms with Crippen molar-refractivity contribution in [2.75, 3.05) is 20.8 Å². The van der Waals surface area contributed by atoms with Gasteiger partial charge in [-0.05, 0) is 12.1 Å². The molecule has 0 saturated heterocycles. The summed E-state index contributed by atoms with van der Waals surface area (Å²) in [6.07, 6.45) is 0.290. The van der Waals surface area contributed by atoms with Crippen molar-refractivity contribution >= 4 is 23.3 Å². The third-order valence-electron chi connectivity index (χ3n) is 2.06. The first-order valence-corrected chi connectivity index (χ1v) is 5.89. The topological polar surface area (TPSA) is 64.6 Å². The fraction of sp³-hybridized carbons (Fsp3) is 0.455. The first-order chi connectivity index (χ1) is 8.15. The molecule has 1 heterocycles. The predicted molar refractivity (Wildman–Crippen MR) is 63.8 cm³/mol. The summed E-state index contributed by atoms with van der Waals surface area (Å²) in [6.45, 7) is 0.766. The molecular formula is C11H15NO4S. The number of rotatable bonds is 6. The van der Waals surface area contributed by atoms with E-state index in [1.165, 1.54) is 25.6 Å². The summed E-state index contributed by atoms with van der Waals surface area (Å²) >= 11 is 1.52. The summed E-state index contributed by atoms with van der Waals surface area (Å²) < 4.78 is 9.08. The van der Waals surface area contributed by atoms with E-state index in [9.17, 15) is 9.59 Å². The molecule has 1 aromatic heterocycles. The van der Waals surface area contributed by atoms with Gasteiger partial charge < -0.3 is 14.8 Å². The molecule has 0 radical (unpaired) electrons. The van der Waals surface area contributed by atoms with Gasteiger partial charge in [0.25, 0.3) is 0 Å². The molecule has 0 aliphatic rings. The molecule has 0 amide bonds. The van der Waals surface area contributed by atoms with E-state index in [-0.39, 0.29) is 24.9 Å². The minimum Gasteiger partial charge on any atom is -0.469 e. The van der Waals surface area contributed by atoms with E-state index in [2.05, 4.69) is 14.8 Å². The Morgan fingerprint density at radius 2 is 1.82 bits per heavy atom. The average Bonchev–Trinajstić information content (AvgIpc) is 2.76. The van der Waals surface area contributed by atoms with Gasteiger partial charge in [-0.1, -0.05) is 0 Å². The number of carbonyl (C=O) groups is 2.